The van der Waals surface area contributed by atoms with Gasteiger partial charge in [-0.05, 0) is 23.1 Å². The van der Waals surface area contributed by atoms with Crippen molar-refractivity contribution in [1.82, 2.24) is 0 Å². The van der Waals surface area contributed by atoms with Crippen molar-refractivity contribution in [2.75, 3.05) is 0 Å². The highest BCUT2D eigenvalue weighted by Crippen LogP contribution is 2.27. The minimum absolute atomic E-state index is 0.356. The van der Waals surface area contributed by atoms with Crippen LogP contribution >= 0.6 is 0 Å². The molecule has 0 heterocycles. The maximum Gasteiger partial charge on any atom is 0.332 e. The maximum atomic E-state index is 13.4. The summed E-state index contributed by atoms with van der Waals surface area (Å²) >= 11 is 0. The molecule has 1 rings (SSSR count). The first-order valence-corrected chi connectivity index (χ1v) is 5.75. The first-order chi connectivity index (χ1) is 6.62. The van der Waals surface area contributed by atoms with Crippen LogP contribution in [-0.2, 0) is 15.6 Å². The lowest BCUT2D eigenvalue weighted by Crippen LogP contribution is -2.13. The second-order valence-electron chi connectivity index (χ2n) is 4.33. The third-order valence-corrected chi connectivity index (χ3v) is 2.85. The summed E-state index contributed by atoms with van der Waals surface area (Å²) in [4.78, 5) is -0.645. The predicted molar refractivity (Wildman–Crippen MR) is 53.4 cm³/mol. The summed E-state index contributed by atoms with van der Waals surface area (Å²) in [5.41, 5.74) is -0.0854. The Balaban J connectivity index is 3.34. The molecule has 5 heteroatoms. The molecule has 0 radical (unpaired) electrons. The molecular weight excluding hydrogens is 222 g/mol. The van der Waals surface area contributed by atoms with Gasteiger partial charge in [-0.15, -0.1) is 3.89 Å². The Kier molecular flexibility index (Phi) is 2.87. The van der Waals surface area contributed by atoms with Crippen molar-refractivity contribution in [3.63, 3.8) is 0 Å². The van der Waals surface area contributed by atoms with Gasteiger partial charge >= 0.3 is 10.2 Å². The van der Waals surface area contributed by atoms with Crippen LogP contribution in [0.2, 0.25) is 0 Å². The van der Waals surface area contributed by atoms with Crippen molar-refractivity contribution in [3.8, 4) is 0 Å². The Bertz CT molecular complexity index is 473. The molecule has 0 aliphatic carbocycles. The van der Waals surface area contributed by atoms with Gasteiger partial charge in [0.15, 0.2) is 0 Å². The minimum atomic E-state index is -4.83. The molecule has 0 amide bonds. The molecule has 84 valence electrons. The quantitative estimate of drug-likeness (QED) is 0.700. The van der Waals surface area contributed by atoms with Gasteiger partial charge in [0.2, 0.25) is 0 Å². The molecule has 0 N–H and O–H groups in total. The average molecular weight is 234 g/mol. The first-order valence-electron chi connectivity index (χ1n) is 4.37. The zero-order chi connectivity index (χ0) is 11.9. The SMILES string of the molecule is CC(C)(C)c1ccc(S(=O)(=O)F)cc1F. The van der Waals surface area contributed by atoms with E-state index in [1.54, 1.807) is 20.8 Å². The Hall–Kier alpha value is -0.970. The van der Waals surface area contributed by atoms with E-state index in [9.17, 15) is 16.7 Å². The van der Waals surface area contributed by atoms with Crippen LogP contribution in [0.3, 0.4) is 0 Å². The topological polar surface area (TPSA) is 34.1 Å². The molecule has 0 saturated heterocycles. The van der Waals surface area contributed by atoms with Crippen LogP contribution in [0.4, 0.5) is 8.28 Å². The molecule has 1 aromatic carbocycles. The van der Waals surface area contributed by atoms with Crippen LogP contribution in [0.1, 0.15) is 26.3 Å². The lowest BCUT2D eigenvalue weighted by Gasteiger charge is -2.19. The fourth-order valence-electron chi connectivity index (χ4n) is 1.26. The molecule has 2 nitrogen and oxygen atoms in total. The second kappa shape index (κ2) is 3.56. The minimum Gasteiger partial charge on any atom is -0.207 e. The average Bonchev–Trinajstić information content (AvgIpc) is 1.99. The van der Waals surface area contributed by atoms with E-state index in [0.29, 0.717) is 11.6 Å². The van der Waals surface area contributed by atoms with Crippen molar-refractivity contribution in [2.45, 2.75) is 31.1 Å². The molecule has 0 unspecified atom stereocenters. The number of rotatable bonds is 1. The number of benzene rings is 1. The van der Waals surface area contributed by atoms with Crippen LogP contribution < -0.4 is 0 Å². The molecule has 0 atom stereocenters. The normalized spacial score (nSPS) is 12.9. The summed E-state index contributed by atoms with van der Waals surface area (Å²) < 4.78 is 47.0. The van der Waals surface area contributed by atoms with Crippen molar-refractivity contribution in [3.05, 3.63) is 29.6 Å². The van der Waals surface area contributed by atoms with Crippen molar-refractivity contribution in [2.24, 2.45) is 0 Å². The van der Waals surface area contributed by atoms with Crippen LogP contribution in [0.5, 0.6) is 0 Å². The summed E-state index contributed by atoms with van der Waals surface area (Å²) in [6.45, 7) is 5.36. The van der Waals surface area contributed by atoms with Gasteiger partial charge in [0, 0.05) is 0 Å². The van der Waals surface area contributed by atoms with Gasteiger partial charge in [-0.3, -0.25) is 0 Å². The number of hydrogen-bond acceptors (Lipinski definition) is 2. The second-order valence-corrected chi connectivity index (χ2v) is 5.68. The molecule has 0 aromatic heterocycles. The lowest BCUT2D eigenvalue weighted by molar-refractivity contribution is 0.516. The standard InChI is InChI=1S/C10H12F2O2S/c1-10(2,3)8-5-4-7(6-9(8)11)15(12,13)14/h4-6H,1-3H3. The summed E-state index contributed by atoms with van der Waals surface area (Å²) in [6, 6.07) is 3.07. The van der Waals surface area contributed by atoms with E-state index in [-0.39, 0.29) is 0 Å². The Morgan fingerprint density at radius 1 is 1.20 bits per heavy atom. The molecule has 15 heavy (non-hydrogen) atoms. The van der Waals surface area contributed by atoms with Crippen LogP contribution in [-0.4, -0.2) is 8.42 Å². The monoisotopic (exact) mass is 234 g/mol. The van der Waals surface area contributed by atoms with Crippen LogP contribution in [0, 0.1) is 5.82 Å². The van der Waals surface area contributed by atoms with Crippen LogP contribution in [0.25, 0.3) is 0 Å². The molecule has 0 bridgehead atoms. The Labute approximate surface area is 88.1 Å². The van der Waals surface area contributed by atoms with Crippen molar-refractivity contribution in [1.29, 1.82) is 0 Å². The molecular formula is C10H12F2O2S. The molecule has 0 aliphatic heterocycles. The highest BCUT2D eigenvalue weighted by atomic mass is 32.3. The molecule has 0 fully saturated rings. The summed E-state index contributed by atoms with van der Waals surface area (Å²) in [6.07, 6.45) is 0. The van der Waals surface area contributed by atoms with Crippen molar-refractivity contribution < 1.29 is 16.7 Å². The van der Waals surface area contributed by atoms with Gasteiger partial charge < -0.3 is 0 Å². The van der Waals surface area contributed by atoms with Gasteiger partial charge in [-0.2, -0.15) is 8.42 Å². The molecule has 0 saturated carbocycles. The zero-order valence-corrected chi connectivity index (χ0v) is 9.53. The van der Waals surface area contributed by atoms with E-state index in [1.165, 1.54) is 6.07 Å². The molecule has 1 aromatic rings. The summed E-state index contributed by atoms with van der Waals surface area (Å²) in [5, 5.41) is 0. The lowest BCUT2D eigenvalue weighted by atomic mass is 9.87. The molecule has 0 aliphatic rings. The van der Waals surface area contributed by atoms with E-state index >= 15 is 0 Å². The largest absolute Gasteiger partial charge is 0.332 e. The van der Waals surface area contributed by atoms with Gasteiger partial charge in [0.05, 0.1) is 0 Å². The summed E-state index contributed by atoms with van der Waals surface area (Å²) in [5.74, 6) is -0.707. The smallest absolute Gasteiger partial charge is 0.207 e. The fraction of sp³-hybridized carbons (Fsp3) is 0.400. The van der Waals surface area contributed by atoms with Crippen LogP contribution in [0.15, 0.2) is 23.1 Å². The third-order valence-electron chi connectivity index (χ3n) is 2.03. The molecule has 0 spiro atoms. The Morgan fingerprint density at radius 2 is 1.73 bits per heavy atom. The summed E-state index contributed by atoms with van der Waals surface area (Å²) in [7, 11) is -4.83. The van der Waals surface area contributed by atoms with E-state index < -0.39 is 26.4 Å². The van der Waals surface area contributed by atoms with Gasteiger partial charge in [0.25, 0.3) is 0 Å². The Morgan fingerprint density at radius 3 is 2.07 bits per heavy atom. The third kappa shape index (κ3) is 2.75. The number of hydrogen-bond donors (Lipinski definition) is 0. The highest BCUT2D eigenvalue weighted by molar-refractivity contribution is 7.86. The fourth-order valence-corrected chi connectivity index (χ4v) is 1.73. The van der Waals surface area contributed by atoms with E-state index in [1.807, 2.05) is 0 Å². The first kappa shape index (κ1) is 12.1. The van der Waals surface area contributed by atoms with E-state index in [2.05, 4.69) is 0 Å². The zero-order valence-electron chi connectivity index (χ0n) is 8.71. The van der Waals surface area contributed by atoms with Gasteiger partial charge in [-0.1, -0.05) is 26.8 Å². The predicted octanol–water partition coefficient (Wildman–Crippen LogP) is 2.78. The number of halogens is 2. The maximum absolute atomic E-state index is 13.4. The van der Waals surface area contributed by atoms with E-state index in [4.69, 9.17) is 0 Å². The highest BCUT2D eigenvalue weighted by Gasteiger charge is 2.21. The van der Waals surface area contributed by atoms with Gasteiger partial charge in [0.1, 0.15) is 10.7 Å². The van der Waals surface area contributed by atoms with E-state index in [0.717, 1.165) is 6.07 Å². The van der Waals surface area contributed by atoms with Crippen molar-refractivity contribution >= 4 is 10.2 Å². The van der Waals surface area contributed by atoms with Gasteiger partial charge in [-0.25, -0.2) is 4.39 Å².